The standard InChI is InChI=1S/C15H16N2O.ClH/c1-12-7-6-8-13(2)15(12)16-14(18)11-17-9-4-3-5-10-17;/h3-10H,11H2,1-2H3;1H. The Morgan fingerprint density at radius 1 is 1.05 bits per heavy atom. The summed E-state index contributed by atoms with van der Waals surface area (Å²) in [4.78, 5) is 12.0. The number of aromatic nitrogens is 1. The van der Waals surface area contributed by atoms with E-state index in [0.29, 0.717) is 6.54 Å². The van der Waals surface area contributed by atoms with Crippen LogP contribution in [-0.2, 0) is 11.3 Å². The third-order valence-electron chi connectivity index (χ3n) is 2.85. The number of benzene rings is 1. The van der Waals surface area contributed by atoms with Crippen molar-refractivity contribution in [1.82, 2.24) is 0 Å². The molecule has 1 heterocycles. The quantitative estimate of drug-likeness (QED) is 0.734. The number of amides is 1. The molecule has 0 saturated heterocycles. The molecule has 2 rings (SSSR count). The summed E-state index contributed by atoms with van der Waals surface area (Å²) in [5, 5.41) is 2.97. The average Bonchev–Trinajstić information content (AvgIpc) is 2.35. The minimum absolute atomic E-state index is 0. The van der Waals surface area contributed by atoms with Gasteiger partial charge in [-0.25, -0.2) is 0 Å². The molecule has 2 aromatic rings. The smallest absolute Gasteiger partial charge is 0.290 e. The maximum atomic E-state index is 12.0. The van der Waals surface area contributed by atoms with Crippen LogP contribution in [0.25, 0.3) is 0 Å². The number of para-hydroxylation sites is 1. The molecule has 0 bridgehead atoms. The molecule has 0 unspecified atom stereocenters. The van der Waals surface area contributed by atoms with Crippen LogP contribution in [0.2, 0.25) is 0 Å². The number of carbonyl (C=O) groups is 1. The third kappa shape index (κ3) is 4.07. The lowest BCUT2D eigenvalue weighted by Gasteiger charge is -2.09. The molecule has 0 saturated carbocycles. The number of nitrogens with one attached hydrogen (secondary N) is 1. The van der Waals surface area contributed by atoms with E-state index in [1.807, 2.05) is 67.2 Å². The van der Waals surface area contributed by atoms with Crippen LogP contribution < -0.4 is 22.3 Å². The van der Waals surface area contributed by atoms with Gasteiger partial charge in [0.2, 0.25) is 6.54 Å². The van der Waals surface area contributed by atoms with Gasteiger partial charge in [-0.3, -0.25) is 4.79 Å². The van der Waals surface area contributed by atoms with E-state index < -0.39 is 0 Å². The predicted molar refractivity (Wildman–Crippen MR) is 71.2 cm³/mol. The van der Waals surface area contributed by atoms with E-state index in [4.69, 9.17) is 0 Å². The minimum Gasteiger partial charge on any atom is -1.00 e. The number of nitrogens with zero attached hydrogens (tertiary/aromatic N) is 1. The number of hydrogen-bond donors (Lipinski definition) is 1. The second-order valence-corrected chi connectivity index (χ2v) is 4.36. The Balaban J connectivity index is 0.00000180. The summed E-state index contributed by atoms with van der Waals surface area (Å²) >= 11 is 0. The fraction of sp³-hybridized carbons (Fsp3) is 0.200. The van der Waals surface area contributed by atoms with Gasteiger partial charge < -0.3 is 17.7 Å². The molecule has 0 radical (unpaired) electrons. The van der Waals surface area contributed by atoms with Gasteiger partial charge in [0.1, 0.15) is 0 Å². The van der Waals surface area contributed by atoms with Crippen molar-refractivity contribution in [2.45, 2.75) is 20.4 Å². The zero-order valence-corrected chi connectivity index (χ0v) is 11.8. The lowest BCUT2D eigenvalue weighted by Crippen LogP contribution is -3.00. The van der Waals surface area contributed by atoms with Gasteiger partial charge in [0.05, 0.1) is 0 Å². The lowest BCUT2D eigenvalue weighted by atomic mass is 10.1. The Bertz CT molecular complexity index is 535. The molecule has 0 spiro atoms. The molecule has 100 valence electrons. The fourth-order valence-electron chi connectivity index (χ4n) is 1.90. The monoisotopic (exact) mass is 276 g/mol. The van der Waals surface area contributed by atoms with Crippen LogP contribution in [0, 0.1) is 13.8 Å². The van der Waals surface area contributed by atoms with E-state index in [9.17, 15) is 4.79 Å². The first kappa shape index (κ1) is 15.2. The van der Waals surface area contributed by atoms with Gasteiger partial charge in [0, 0.05) is 17.8 Å². The van der Waals surface area contributed by atoms with Crippen molar-refractivity contribution in [3.05, 3.63) is 59.9 Å². The number of carbonyl (C=O) groups excluding carboxylic acids is 1. The minimum atomic E-state index is -0.0106. The predicted octanol–water partition coefficient (Wildman–Crippen LogP) is -0.766. The summed E-state index contributed by atoms with van der Waals surface area (Å²) in [5.74, 6) is -0.0106. The first-order valence-corrected chi connectivity index (χ1v) is 5.97. The molecule has 3 nitrogen and oxygen atoms in total. The Morgan fingerprint density at radius 2 is 1.63 bits per heavy atom. The zero-order chi connectivity index (χ0) is 13.0. The molecule has 1 N–H and O–H groups in total. The molecule has 19 heavy (non-hydrogen) atoms. The van der Waals surface area contributed by atoms with Crippen LogP contribution in [-0.4, -0.2) is 5.91 Å². The van der Waals surface area contributed by atoms with Crippen molar-refractivity contribution in [3.63, 3.8) is 0 Å². The molecule has 1 aromatic carbocycles. The highest BCUT2D eigenvalue weighted by molar-refractivity contribution is 5.91. The SMILES string of the molecule is Cc1cccc(C)c1NC(=O)C[n+]1ccccc1.[Cl-]. The van der Waals surface area contributed by atoms with Crippen molar-refractivity contribution < 1.29 is 21.8 Å². The largest absolute Gasteiger partial charge is 1.00 e. The topological polar surface area (TPSA) is 33.0 Å². The fourth-order valence-corrected chi connectivity index (χ4v) is 1.90. The van der Waals surface area contributed by atoms with Crippen LogP contribution in [0.4, 0.5) is 5.69 Å². The zero-order valence-electron chi connectivity index (χ0n) is 11.1. The first-order valence-electron chi connectivity index (χ1n) is 5.97. The van der Waals surface area contributed by atoms with Crippen molar-refractivity contribution in [2.24, 2.45) is 0 Å². The Kier molecular flexibility index (Phi) is 5.52. The molecule has 1 amide bonds. The van der Waals surface area contributed by atoms with Crippen LogP contribution in [0.1, 0.15) is 11.1 Å². The average molecular weight is 277 g/mol. The molecule has 1 aromatic heterocycles. The molecule has 0 atom stereocenters. The van der Waals surface area contributed by atoms with Crippen molar-refractivity contribution in [1.29, 1.82) is 0 Å². The molecule has 0 fully saturated rings. The van der Waals surface area contributed by atoms with Crippen molar-refractivity contribution in [3.8, 4) is 0 Å². The van der Waals surface area contributed by atoms with Crippen LogP contribution in [0.5, 0.6) is 0 Å². The van der Waals surface area contributed by atoms with Crippen molar-refractivity contribution in [2.75, 3.05) is 5.32 Å². The van der Waals surface area contributed by atoms with Gasteiger partial charge >= 0.3 is 0 Å². The number of hydrogen-bond acceptors (Lipinski definition) is 1. The number of anilines is 1. The summed E-state index contributed by atoms with van der Waals surface area (Å²) in [6, 6.07) is 11.7. The Hall–Kier alpha value is -1.87. The summed E-state index contributed by atoms with van der Waals surface area (Å²) in [5.41, 5.74) is 3.09. The van der Waals surface area contributed by atoms with Crippen LogP contribution in [0.3, 0.4) is 0 Å². The normalized spacial score (nSPS) is 9.58. The molecule has 0 aliphatic rings. The number of aryl methyl sites for hydroxylation is 2. The summed E-state index contributed by atoms with van der Waals surface area (Å²) in [7, 11) is 0. The molecule has 0 aliphatic carbocycles. The van der Waals surface area contributed by atoms with Gasteiger partial charge in [-0.15, -0.1) is 0 Å². The number of halogens is 1. The lowest BCUT2D eigenvalue weighted by molar-refractivity contribution is -0.684. The van der Waals surface area contributed by atoms with Gasteiger partial charge in [-0.05, 0) is 25.0 Å². The second kappa shape index (κ2) is 6.90. The summed E-state index contributed by atoms with van der Waals surface area (Å²) in [6.45, 7) is 4.32. The van der Waals surface area contributed by atoms with E-state index in [1.54, 1.807) is 0 Å². The first-order chi connectivity index (χ1) is 8.66. The molecule has 0 aliphatic heterocycles. The van der Waals surface area contributed by atoms with E-state index in [0.717, 1.165) is 16.8 Å². The Labute approximate surface area is 119 Å². The number of rotatable bonds is 3. The van der Waals surface area contributed by atoms with E-state index in [2.05, 4.69) is 5.32 Å². The van der Waals surface area contributed by atoms with Crippen LogP contribution in [0.15, 0.2) is 48.8 Å². The van der Waals surface area contributed by atoms with Gasteiger partial charge in [0.15, 0.2) is 12.4 Å². The third-order valence-corrected chi connectivity index (χ3v) is 2.85. The molecule has 4 heteroatoms. The molecular formula is C15H17ClN2O. The maximum absolute atomic E-state index is 12.0. The highest BCUT2D eigenvalue weighted by Gasteiger charge is 2.11. The number of pyridine rings is 1. The Morgan fingerprint density at radius 3 is 2.21 bits per heavy atom. The molecular weight excluding hydrogens is 260 g/mol. The second-order valence-electron chi connectivity index (χ2n) is 4.36. The van der Waals surface area contributed by atoms with Crippen molar-refractivity contribution >= 4 is 11.6 Å². The summed E-state index contributed by atoms with van der Waals surface area (Å²) in [6.07, 6.45) is 3.76. The van der Waals surface area contributed by atoms with Crippen LogP contribution >= 0.6 is 0 Å². The van der Waals surface area contributed by atoms with E-state index in [1.165, 1.54) is 0 Å². The maximum Gasteiger partial charge on any atom is 0.290 e. The van der Waals surface area contributed by atoms with Gasteiger partial charge in [-0.1, -0.05) is 24.3 Å². The van der Waals surface area contributed by atoms with Gasteiger partial charge in [-0.2, -0.15) is 4.57 Å². The van der Waals surface area contributed by atoms with E-state index >= 15 is 0 Å². The van der Waals surface area contributed by atoms with E-state index in [-0.39, 0.29) is 18.3 Å². The summed E-state index contributed by atoms with van der Waals surface area (Å²) < 4.78 is 1.85. The highest BCUT2D eigenvalue weighted by atomic mass is 35.5. The van der Waals surface area contributed by atoms with Gasteiger partial charge in [0.25, 0.3) is 5.91 Å². The highest BCUT2D eigenvalue weighted by Crippen LogP contribution is 2.18.